The van der Waals surface area contributed by atoms with Crippen LogP contribution in [0.25, 0.3) is 0 Å². The molecule has 0 saturated carbocycles. The van der Waals surface area contributed by atoms with E-state index < -0.39 is 0 Å². The van der Waals surface area contributed by atoms with Gasteiger partial charge in [0.05, 0.1) is 38.0 Å². The molecule has 0 unspecified atom stereocenters. The quantitative estimate of drug-likeness (QED) is 0.584. The third-order valence-electron chi connectivity index (χ3n) is 3.67. The summed E-state index contributed by atoms with van der Waals surface area (Å²) < 4.78 is 1.13. The molecular formula is C11H22BrNO. The van der Waals surface area contributed by atoms with E-state index in [9.17, 15) is 4.79 Å². The SMILES string of the molecule is CC(C)[N+]1(C(C)C)CCC(=O)CC1.[Br-]. The van der Waals surface area contributed by atoms with Crippen molar-refractivity contribution in [1.29, 1.82) is 0 Å². The van der Waals surface area contributed by atoms with Crippen LogP contribution in [-0.2, 0) is 4.79 Å². The number of piperidine rings is 1. The molecule has 14 heavy (non-hydrogen) atoms. The van der Waals surface area contributed by atoms with Crippen molar-refractivity contribution in [2.24, 2.45) is 0 Å². The van der Waals surface area contributed by atoms with Crippen molar-refractivity contribution in [2.75, 3.05) is 13.1 Å². The predicted molar refractivity (Wildman–Crippen MR) is 54.5 cm³/mol. The van der Waals surface area contributed by atoms with Crippen molar-refractivity contribution in [3.63, 3.8) is 0 Å². The Morgan fingerprint density at radius 3 is 1.64 bits per heavy atom. The van der Waals surface area contributed by atoms with Crippen molar-refractivity contribution in [1.82, 2.24) is 0 Å². The lowest BCUT2D eigenvalue weighted by Crippen LogP contribution is -3.00. The Labute approximate surface area is 98.0 Å². The fraction of sp³-hybridized carbons (Fsp3) is 0.909. The van der Waals surface area contributed by atoms with Gasteiger partial charge in [0, 0.05) is 0 Å². The van der Waals surface area contributed by atoms with Gasteiger partial charge < -0.3 is 21.5 Å². The minimum Gasteiger partial charge on any atom is -1.00 e. The maximum absolute atomic E-state index is 11.2. The van der Waals surface area contributed by atoms with Gasteiger partial charge in [0.25, 0.3) is 0 Å². The number of likely N-dealkylation sites (tertiary alicyclic amines) is 1. The Hall–Kier alpha value is 0.110. The highest BCUT2D eigenvalue weighted by atomic mass is 79.9. The van der Waals surface area contributed by atoms with Crippen LogP contribution < -0.4 is 17.0 Å². The summed E-state index contributed by atoms with van der Waals surface area (Å²) in [6.07, 6.45) is 1.58. The Morgan fingerprint density at radius 2 is 1.36 bits per heavy atom. The number of carbonyl (C=O) groups excluding carboxylic acids is 1. The monoisotopic (exact) mass is 263 g/mol. The van der Waals surface area contributed by atoms with E-state index in [1.807, 2.05) is 0 Å². The molecule has 1 fully saturated rings. The number of ketones is 1. The molecule has 0 aromatic heterocycles. The number of hydrogen-bond donors (Lipinski definition) is 0. The van der Waals surface area contributed by atoms with Gasteiger partial charge in [-0.15, -0.1) is 0 Å². The van der Waals surface area contributed by atoms with Gasteiger partial charge in [0.1, 0.15) is 5.78 Å². The van der Waals surface area contributed by atoms with Crippen molar-refractivity contribution in [3.8, 4) is 0 Å². The number of halogens is 1. The first-order chi connectivity index (χ1) is 5.99. The van der Waals surface area contributed by atoms with Gasteiger partial charge in [0.2, 0.25) is 0 Å². The lowest BCUT2D eigenvalue weighted by atomic mass is 10.0. The Kier molecular flexibility index (Phi) is 5.31. The maximum Gasteiger partial charge on any atom is 0.144 e. The summed E-state index contributed by atoms with van der Waals surface area (Å²) in [5, 5.41) is 0. The summed E-state index contributed by atoms with van der Waals surface area (Å²) in [7, 11) is 0. The first kappa shape index (κ1) is 14.1. The second-order valence-corrected chi connectivity index (χ2v) is 4.78. The van der Waals surface area contributed by atoms with Gasteiger partial charge >= 0.3 is 0 Å². The number of hydrogen-bond acceptors (Lipinski definition) is 1. The second-order valence-electron chi connectivity index (χ2n) is 4.78. The minimum absolute atomic E-state index is 0. The van der Waals surface area contributed by atoms with Crippen molar-refractivity contribution < 1.29 is 26.3 Å². The summed E-state index contributed by atoms with van der Waals surface area (Å²) in [4.78, 5) is 11.2. The Morgan fingerprint density at radius 1 is 1.00 bits per heavy atom. The topological polar surface area (TPSA) is 17.1 Å². The zero-order valence-electron chi connectivity index (χ0n) is 9.72. The molecule has 84 valence electrons. The third-order valence-corrected chi connectivity index (χ3v) is 3.67. The van der Waals surface area contributed by atoms with E-state index in [0.717, 1.165) is 30.4 Å². The number of rotatable bonds is 2. The largest absolute Gasteiger partial charge is 1.00 e. The molecule has 0 aromatic rings. The predicted octanol–water partition coefficient (Wildman–Crippen LogP) is -1.01. The van der Waals surface area contributed by atoms with Gasteiger partial charge in [0.15, 0.2) is 0 Å². The first-order valence-electron chi connectivity index (χ1n) is 5.37. The molecule has 0 spiro atoms. The van der Waals surface area contributed by atoms with Crippen LogP contribution in [0.1, 0.15) is 40.5 Å². The first-order valence-corrected chi connectivity index (χ1v) is 5.37. The van der Waals surface area contributed by atoms with Crippen LogP contribution >= 0.6 is 0 Å². The summed E-state index contributed by atoms with van der Waals surface area (Å²) >= 11 is 0. The molecule has 1 rings (SSSR count). The zero-order valence-corrected chi connectivity index (χ0v) is 11.3. The number of quaternary nitrogens is 1. The molecule has 1 aliphatic heterocycles. The van der Waals surface area contributed by atoms with Crippen molar-refractivity contribution in [2.45, 2.75) is 52.6 Å². The molecule has 2 nitrogen and oxygen atoms in total. The standard InChI is InChI=1S/C11H22NO.BrH/c1-9(2)12(10(3)4)7-5-11(13)6-8-12;/h9-10H,5-8H2,1-4H3;1H/q+1;/p-1. The molecule has 0 radical (unpaired) electrons. The molecular weight excluding hydrogens is 242 g/mol. The summed E-state index contributed by atoms with van der Waals surface area (Å²) in [6.45, 7) is 11.2. The van der Waals surface area contributed by atoms with E-state index in [1.165, 1.54) is 0 Å². The average Bonchev–Trinajstić information content (AvgIpc) is 2.04. The van der Waals surface area contributed by atoms with E-state index in [4.69, 9.17) is 0 Å². The van der Waals surface area contributed by atoms with Crippen LogP contribution in [0, 0.1) is 0 Å². The van der Waals surface area contributed by atoms with Gasteiger partial charge in [-0.25, -0.2) is 0 Å². The zero-order chi connectivity index (χ0) is 10.1. The van der Waals surface area contributed by atoms with Crippen molar-refractivity contribution in [3.05, 3.63) is 0 Å². The van der Waals surface area contributed by atoms with Crippen LogP contribution in [0.5, 0.6) is 0 Å². The third kappa shape index (κ3) is 2.57. The molecule has 1 aliphatic rings. The molecule has 3 heteroatoms. The minimum atomic E-state index is 0. The van der Waals surface area contributed by atoms with Crippen LogP contribution in [0.4, 0.5) is 0 Å². The summed E-state index contributed by atoms with van der Waals surface area (Å²) in [6, 6.07) is 1.29. The summed E-state index contributed by atoms with van der Waals surface area (Å²) in [5.74, 6) is 0.454. The lowest BCUT2D eigenvalue weighted by molar-refractivity contribution is -0.967. The Bertz CT molecular complexity index is 181. The molecule has 1 saturated heterocycles. The smallest absolute Gasteiger partial charge is 0.144 e. The normalized spacial score (nSPS) is 21.1. The number of carbonyl (C=O) groups is 1. The lowest BCUT2D eigenvalue weighted by Gasteiger charge is -2.48. The van der Waals surface area contributed by atoms with Gasteiger partial charge in [-0.3, -0.25) is 4.79 Å². The molecule has 0 atom stereocenters. The fourth-order valence-electron chi connectivity index (χ4n) is 2.53. The van der Waals surface area contributed by atoms with E-state index in [1.54, 1.807) is 0 Å². The highest BCUT2D eigenvalue weighted by Gasteiger charge is 2.38. The molecule has 0 aromatic carbocycles. The number of nitrogens with zero attached hydrogens (tertiary/aromatic N) is 1. The van der Waals surface area contributed by atoms with E-state index in [0.29, 0.717) is 17.9 Å². The van der Waals surface area contributed by atoms with Gasteiger partial charge in [-0.1, -0.05) is 0 Å². The van der Waals surface area contributed by atoms with Gasteiger partial charge in [-0.05, 0) is 27.7 Å². The van der Waals surface area contributed by atoms with E-state index in [-0.39, 0.29) is 17.0 Å². The van der Waals surface area contributed by atoms with Crippen LogP contribution in [0.15, 0.2) is 0 Å². The highest BCUT2D eigenvalue weighted by molar-refractivity contribution is 5.79. The molecule has 0 bridgehead atoms. The fourth-order valence-corrected chi connectivity index (χ4v) is 2.53. The number of Topliss-reactive ketones (excluding diaryl/α,β-unsaturated/α-hetero) is 1. The van der Waals surface area contributed by atoms with Crippen LogP contribution in [0.2, 0.25) is 0 Å². The molecule has 0 aliphatic carbocycles. The van der Waals surface area contributed by atoms with E-state index in [2.05, 4.69) is 27.7 Å². The van der Waals surface area contributed by atoms with Crippen molar-refractivity contribution >= 4 is 5.78 Å². The molecule has 1 heterocycles. The maximum atomic E-state index is 11.2. The van der Waals surface area contributed by atoms with Crippen LogP contribution in [0.3, 0.4) is 0 Å². The van der Waals surface area contributed by atoms with Crippen LogP contribution in [-0.4, -0.2) is 35.4 Å². The summed E-state index contributed by atoms with van der Waals surface area (Å²) in [5.41, 5.74) is 0. The second kappa shape index (κ2) is 5.26. The van der Waals surface area contributed by atoms with Gasteiger partial charge in [-0.2, -0.15) is 0 Å². The molecule has 0 N–H and O–H groups in total. The highest BCUT2D eigenvalue weighted by Crippen LogP contribution is 2.24. The molecule has 0 amide bonds. The Balaban J connectivity index is 0.00000169. The average molecular weight is 264 g/mol. The van der Waals surface area contributed by atoms with E-state index >= 15 is 0 Å².